The normalized spacial score (nSPS) is 12.8. The van der Waals surface area contributed by atoms with Crippen molar-refractivity contribution in [3.63, 3.8) is 0 Å². The molecular weight excluding hydrogens is 326 g/mol. The van der Waals surface area contributed by atoms with Crippen LogP contribution in [0.3, 0.4) is 0 Å². The van der Waals surface area contributed by atoms with E-state index in [1.807, 2.05) is 0 Å². The molecule has 0 saturated heterocycles. The molecule has 1 aromatic rings. The maximum absolute atomic E-state index is 5.73. The van der Waals surface area contributed by atoms with E-state index in [9.17, 15) is 0 Å². The molecular formula is C18H30BrNO. The first-order chi connectivity index (χ1) is 10.1. The minimum atomic E-state index is 0.540. The highest BCUT2D eigenvalue weighted by molar-refractivity contribution is 9.10. The van der Waals surface area contributed by atoms with E-state index in [4.69, 9.17) is 4.74 Å². The number of halogens is 1. The largest absolute Gasteiger partial charge is 0.381 e. The molecule has 0 bridgehead atoms. The maximum Gasteiger partial charge on any atom is 0.0469 e. The van der Waals surface area contributed by atoms with Gasteiger partial charge in [0.2, 0.25) is 0 Å². The number of hydrogen-bond acceptors (Lipinski definition) is 2. The summed E-state index contributed by atoms with van der Waals surface area (Å²) >= 11 is 3.50. The number of nitrogens with one attached hydrogen (secondary N) is 1. The molecule has 0 heterocycles. The highest BCUT2D eigenvalue weighted by Crippen LogP contribution is 2.16. The Hall–Kier alpha value is -0.380. The number of rotatable bonds is 11. The lowest BCUT2D eigenvalue weighted by molar-refractivity contribution is 0.116. The van der Waals surface area contributed by atoms with E-state index in [0.717, 1.165) is 37.1 Å². The van der Waals surface area contributed by atoms with Gasteiger partial charge in [0.1, 0.15) is 0 Å². The average molecular weight is 356 g/mol. The molecule has 1 aromatic carbocycles. The molecule has 0 amide bonds. The molecule has 1 unspecified atom stereocenters. The number of hydrogen-bond donors (Lipinski definition) is 1. The Labute approximate surface area is 138 Å². The van der Waals surface area contributed by atoms with Crippen molar-refractivity contribution in [1.29, 1.82) is 0 Å². The van der Waals surface area contributed by atoms with Gasteiger partial charge in [-0.2, -0.15) is 0 Å². The van der Waals surface area contributed by atoms with Gasteiger partial charge in [-0.15, -0.1) is 0 Å². The molecule has 120 valence electrons. The Kier molecular flexibility index (Phi) is 9.98. The Morgan fingerprint density at radius 1 is 1.14 bits per heavy atom. The third-order valence-corrected chi connectivity index (χ3v) is 4.09. The minimum absolute atomic E-state index is 0.540. The monoisotopic (exact) mass is 355 g/mol. The van der Waals surface area contributed by atoms with Gasteiger partial charge in [0.15, 0.2) is 0 Å². The smallest absolute Gasteiger partial charge is 0.0469 e. The van der Waals surface area contributed by atoms with Crippen LogP contribution in [-0.2, 0) is 11.2 Å². The summed E-state index contributed by atoms with van der Waals surface area (Å²) in [5, 5.41) is 3.56. The highest BCUT2D eigenvalue weighted by atomic mass is 79.9. The molecule has 0 saturated carbocycles. The lowest BCUT2D eigenvalue weighted by Gasteiger charge is -2.19. The molecule has 0 aliphatic rings. The van der Waals surface area contributed by atoms with Gasteiger partial charge in [0.25, 0.3) is 0 Å². The first-order valence-corrected chi connectivity index (χ1v) is 8.96. The van der Waals surface area contributed by atoms with Crippen molar-refractivity contribution in [2.75, 3.05) is 19.8 Å². The predicted molar refractivity (Wildman–Crippen MR) is 94.8 cm³/mol. The molecule has 0 aliphatic heterocycles. The zero-order chi connectivity index (χ0) is 15.5. The molecule has 21 heavy (non-hydrogen) atoms. The van der Waals surface area contributed by atoms with Gasteiger partial charge in [0.05, 0.1) is 0 Å². The van der Waals surface area contributed by atoms with Gasteiger partial charge in [0, 0.05) is 23.7 Å². The van der Waals surface area contributed by atoms with E-state index in [0.29, 0.717) is 12.0 Å². The van der Waals surface area contributed by atoms with Crippen LogP contribution in [0, 0.1) is 5.92 Å². The first kappa shape index (κ1) is 18.7. The van der Waals surface area contributed by atoms with Crippen molar-refractivity contribution < 1.29 is 4.74 Å². The highest BCUT2D eigenvalue weighted by Gasteiger charge is 2.10. The van der Waals surface area contributed by atoms with Crippen LogP contribution in [0.4, 0.5) is 0 Å². The van der Waals surface area contributed by atoms with Crippen molar-refractivity contribution >= 4 is 15.9 Å². The van der Waals surface area contributed by atoms with Crippen LogP contribution < -0.4 is 5.32 Å². The average Bonchev–Trinajstić information content (AvgIpc) is 2.46. The SMILES string of the molecule is CCCCOCCC(CNC(C)C)Cc1ccc(Br)cc1. The van der Waals surface area contributed by atoms with Gasteiger partial charge >= 0.3 is 0 Å². The molecule has 0 spiro atoms. The Morgan fingerprint density at radius 3 is 2.48 bits per heavy atom. The fourth-order valence-corrected chi connectivity index (χ4v) is 2.50. The standard InChI is InChI=1S/C18H30BrNO/c1-4-5-11-21-12-10-17(14-20-15(2)3)13-16-6-8-18(19)9-7-16/h6-9,15,17,20H,4-5,10-14H2,1-3H3. The lowest BCUT2D eigenvalue weighted by Crippen LogP contribution is -2.30. The predicted octanol–water partition coefficient (Wildman–Crippen LogP) is 4.81. The molecule has 3 heteroatoms. The lowest BCUT2D eigenvalue weighted by atomic mass is 9.96. The molecule has 1 N–H and O–H groups in total. The second kappa shape index (κ2) is 11.2. The van der Waals surface area contributed by atoms with Crippen LogP contribution in [0.15, 0.2) is 28.7 Å². The molecule has 2 nitrogen and oxygen atoms in total. The van der Waals surface area contributed by atoms with Crippen molar-refractivity contribution in [3.8, 4) is 0 Å². The van der Waals surface area contributed by atoms with E-state index in [2.05, 4.69) is 66.3 Å². The molecule has 0 aliphatic carbocycles. The number of unbranched alkanes of at least 4 members (excludes halogenated alkanes) is 1. The van der Waals surface area contributed by atoms with E-state index >= 15 is 0 Å². The van der Waals surface area contributed by atoms with Gasteiger partial charge in [-0.1, -0.05) is 55.3 Å². The summed E-state index contributed by atoms with van der Waals surface area (Å²) in [4.78, 5) is 0. The summed E-state index contributed by atoms with van der Waals surface area (Å²) in [7, 11) is 0. The number of benzene rings is 1. The third kappa shape index (κ3) is 9.28. The second-order valence-corrected chi connectivity index (χ2v) is 6.93. The van der Waals surface area contributed by atoms with Crippen molar-refractivity contribution in [3.05, 3.63) is 34.3 Å². The van der Waals surface area contributed by atoms with Crippen LogP contribution in [-0.4, -0.2) is 25.8 Å². The van der Waals surface area contributed by atoms with Crippen LogP contribution >= 0.6 is 15.9 Å². The summed E-state index contributed by atoms with van der Waals surface area (Å²) < 4.78 is 6.88. The molecule has 0 fully saturated rings. The van der Waals surface area contributed by atoms with E-state index < -0.39 is 0 Å². The summed E-state index contributed by atoms with van der Waals surface area (Å²) in [5.74, 6) is 0.634. The van der Waals surface area contributed by atoms with Gasteiger partial charge in [-0.05, 0) is 49.4 Å². The summed E-state index contributed by atoms with van der Waals surface area (Å²) in [6.45, 7) is 9.44. The molecule has 1 rings (SSSR count). The Bertz CT molecular complexity index is 364. The quantitative estimate of drug-likeness (QED) is 0.575. The molecule has 0 aromatic heterocycles. The zero-order valence-corrected chi connectivity index (χ0v) is 15.3. The molecule has 0 radical (unpaired) electrons. The van der Waals surface area contributed by atoms with E-state index in [1.165, 1.54) is 18.4 Å². The molecule has 1 atom stereocenters. The maximum atomic E-state index is 5.73. The van der Waals surface area contributed by atoms with Crippen LogP contribution in [0.2, 0.25) is 0 Å². The summed E-state index contributed by atoms with van der Waals surface area (Å²) in [6.07, 6.45) is 4.61. The van der Waals surface area contributed by atoms with Crippen molar-refractivity contribution in [2.24, 2.45) is 5.92 Å². The topological polar surface area (TPSA) is 21.3 Å². The zero-order valence-electron chi connectivity index (χ0n) is 13.7. The van der Waals surface area contributed by atoms with Gasteiger partial charge in [-0.25, -0.2) is 0 Å². The summed E-state index contributed by atoms with van der Waals surface area (Å²) in [5.41, 5.74) is 1.40. The minimum Gasteiger partial charge on any atom is -0.381 e. The van der Waals surface area contributed by atoms with E-state index in [-0.39, 0.29) is 0 Å². The third-order valence-electron chi connectivity index (χ3n) is 3.57. The Balaban J connectivity index is 2.41. The summed E-state index contributed by atoms with van der Waals surface area (Å²) in [6, 6.07) is 9.22. The fraction of sp³-hybridized carbons (Fsp3) is 0.667. The van der Waals surface area contributed by atoms with E-state index in [1.54, 1.807) is 0 Å². The fourth-order valence-electron chi connectivity index (χ4n) is 2.23. The van der Waals surface area contributed by atoms with Gasteiger partial charge in [-0.3, -0.25) is 0 Å². The van der Waals surface area contributed by atoms with Gasteiger partial charge < -0.3 is 10.1 Å². The Morgan fingerprint density at radius 2 is 1.86 bits per heavy atom. The van der Waals surface area contributed by atoms with Crippen molar-refractivity contribution in [2.45, 2.75) is 52.5 Å². The van der Waals surface area contributed by atoms with Crippen LogP contribution in [0.5, 0.6) is 0 Å². The van der Waals surface area contributed by atoms with Crippen LogP contribution in [0.1, 0.15) is 45.6 Å². The second-order valence-electron chi connectivity index (χ2n) is 6.01. The first-order valence-electron chi connectivity index (χ1n) is 8.17. The number of ether oxygens (including phenoxy) is 1. The van der Waals surface area contributed by atoms with Crippen LogP contribution in [0.25, 0.3) is 0 Å². The van der Waals surface area contributed by atoms with Crippen molar-refractivity contribution in [1.82, 2.24) is 5.32 Å².